The summed E-state index contributed by atoms with van der Waals surface area (Å²) in [5.41, 5.74) is 5.94. The molecule has 0 saturated carbocycles. The van der Waals surface area contributed by atoms with Gasteiger partial charge in [0.1, 0.15) is 0 Å². The van der Waals surface area contributed by atoms with Crippen molar-refractivity contribution < 1.29 is 0 Å². The molecule has 0 aromatic heterocycles. The lowest BCUT2D eigenvalue weighted by atomic mass is 10.1. The van der Waals surface area contributed by atoms with Crippen LogP contribution in [0, 0.1) is 27.7 Å². The molecule has 0 fully saturated rings. The van der Waals surface area contributed by atoms with Crippen LogP contribution < -0.4 is 15.6 Å². The Bertz CT molecular complexity index is 845. The van der Waals surface area contributed by atoms with Gasteiger partial charge in [0, 0.05) is 5.50 Å². The Balaban J connectivity index is 2.43. The molecule has 128 valence electrons. The molecule has 0 amide bonds. The van der Waals surface area contributed by atoms with Gasteiger partial charge in [-0.2, -0.15) is 0 Å². The van der Waals surface area contributed by atoms with E-state index in [4.69, 9.17) is 11.6 Å². The van der Waals surface area contributed by atoms with Crippen LogP contribution in [-0.2, 0) is 0 Å². The molecular weight excluding hydrogens is 340 g/mol. The van der Waals surface area contributed by atoms with E-state index in [1.807, 2.05) is 0 Å². The van der Waals surface area contributed by atoms with Gasteiger partial charge in [0.05, 0.1) is 0 Å². The molecule has 1 unspecified atom stereocenters. The van der Waals surface area contributed by atoms with Crippen molar-refractivity contribution >= 4 is 35.2 Å². The fraction of sp³-hybridized carbons (Fsp3) is 0.217. The second-order valence-corrected chi connectivity index (χ2v) is 11.6. The molecule has 25 heavy (non-hydrogen) atoms. The van der Waals surface area contributed by atoms with Crippen LogP contribution in [0.15, 0.2) is 66.7 Å². The van der Waals surface area contributed by atoms with Crippen LogP contribution in [0.25, 0.3) is 0 Å². The summed E-state index contributed by atoms with van der Waals surface area (Å²) in [6, 6.07) is 24.4. The maximum atomic E-state index is 6.84. The molecule has 1 atom stereocenters. The molecule has 3 aromatic carbocycles. The monoisotopic (exact) mass is 364 g/mol. The topological polar surface area (TPSA) is 0 Å². The van der Waals surface area contributed by atoms with Crippen LogP contribution in [0.2, 0.25) is 0 Å². The highest BCUT2D eigenvalue weighted by Crippen LogP contribution is 2.16. The first-order valence-electron chi connectivity index (χ1n) is 8.76. The van der Waals surface area contributed by atoms with Gasteiger partial charge in [-0.1, -0.05) is 89.0 Å². The number of rotatable bonds is 4. The van der Waals surface area contributed by atoms with E-state index in [0.29, 0.717) is 5.50 Å². The first kappa shape index (κ1) is 18.0. The molecule has 0 nitrogen and oxygen atoms in total. The van der Waals surface area contributed by atoms with E-state index in [-0.39, 0.29) is 0 Å². The van der Waals surface area contributed by atoms with Gasteiger partial charge in [-0.05, 0) is 43.3 Å². The van der Waals surface area contributed by atoms with Gasteiger partial charge in [0.2, 0.25) is 0 Å². The van der Waals surface area contributed by atoms with Crippen molar-refractivity contribution in [2.45, 2.75) is 27.7 Å². The van der Waals surface area contributed by atoms with Gasteiger partial charge in [-0.3, -0.25) is 0 Å². The Labute approximate surface area is 157 Å². The molecule has 0 spiro atoms. The molecule has 0 aliphatic carbocycles. The van der Waals surface area contributed by atoms with Gasteiger partial charge in [-0.25, -0.2) is 0 Å². The van der Waals surface area contributed by atoms with E-state index in [1.165, 1.54) is 37.8 Å². The van der Waals surface area contributed by atoms with Crippen molar-refractivity contribution in [1.82, 2.24) is 0 Å². The summed E-state index contributed by atoms with van der Waals surface area (Å²) in [4.78, 5) is 0. The third kappa shape index (κ3) is 3.19. The van der Waals surface area contributed by atoms with Crippen LogP contribution in [0.5, 0.6) is 0 Å². The predicted octanol–water partition coefficient (Wildman–Crippen LogP) is 4.17. The fourth-order valence-corrected chi connectivity index (χ4v) is 10.0. The van der Waals surface area contributed by atoms with Crippen LogP contribution in [-0.4, -0.2) is 13.6 Å². The number of hydrogen-bond acceptors (Lipinski definition) is 0. The summed E-state index contributed by atoms with van der Waals surface area (Å²) in [5.74, 6) is 0. The van der Waals surface area contributed by atoms with Gasteiger partial charge in [-0.15, -0.1) is 11.6 Å². The summed E-state index contributed by atoms with van der Waals surface area (Å²) in [5, 5.41) is 4.25. The van der Waals surface area contributed by atoms with Crippen molar-refractivity contribution in [2.24, 2.45) is 0 Å². The number of aryl methyl sites for hydroxylation is 4. The Morgan fingerprint density at radius 2 is 1.24 bits per heavy atom. The van der Waals surface area contributed by atoms with Crippen molar-refractivity contribution in [3.63, 3.8) is 0 Å². The molecule has 3 aromatic rings. The summed E-state index contributed by atoms with van der Waals surface area (Å²) in [6.45, 7) is 8.81. The van der Waals surface area contributed by atoms with Crippen LogP contribution in [0.1, 0.15) is 22.3 Å². The van der Waals surface area contributed by atoms with Crippen molar-refractivity contribution in [2.75, 3.05) is 5.50 Å². The smallest absolute Gasteiger partial charge is 0.129 e. The summed E-state index contributed by atoms with van der Waals surface area (Å²) in [6.07, 6.45) is 0. The lowest BCUT2D eigenvalue weighted by molar-refractivity contribution is 1.39. The zero-order valence-electron chi connectivity index (χ0n) is 15.4. The molecule has 0 saturated heterocycles. The Morgan fingerprint density at radius 3 is 1.76 bits per heavy atom. The number of benzene rings is 3. The predicted molar refractivity (Wildman–Crippen MR) is 114 cm³/mol. The average molecular weight is 365 g/mol. The fourth-order valence-electron chi connectivity index (χ4n) is 4.11. The third-order valence-electron chi connectivity index (χ3n) is 5.09. The molecule has 0 bridgehead atoms. The highest BCUT2D eigenvalue weighted by Gasteiger charge is 2.40. The molecular formula is C23H25ClSi. The molecule has 0 radical (unpaired) electrons. The molecule has 3 rings (SSSR count). The largest absolute Gasteiger partial charge is 0.163 e. The van der Waals surface area contributed by atoms with Crippen molar-refractivity contribution in [3.8, 4) is 0 Å². The Kier molecular flexibility index (Phi) is 5.17. The van der Waals surface area contributed by atoms with Gasteiger partial charge in [0.15, 0.2) is 8.07 Å². The van der Waals surface area contributed by atoms with Crippen molar-refractivity contribution in [1.29, 1.82) is 0 Å². The SMILES string of the molecule is Cc1cc(C)cc([Si](CCl)(c2ccccc2)c2c(C)cccc2C)c1. The van der Waals surface area contributed by atoms with E-state index in [9.17, 15) is 0 Å². The van der Waals surface area contributed by atoms with Crippen LogP contribution in [0.3, 0.4) is 0 Å². The van der Waals surface area contributed by atoms with E-state index < -0.39 is 8.07 Å². The Hall–Kier alpha value is -1.83. The zero-order chi connectivity index (χ0) is 18.0. The van der Waals surface area contributed by atoms with Crippen LogP contribution >= 0.6 is 11.6 Å². The second-order valence-electron chi connectivity index (χ2n) is 7.05. The zero-order valence-corrected chi connectivity index (χ0v) is 17.2. The summed E-state index contributed by atoms with van der Waals surface area (Å²) >= 11 is 6.84. The normalized spacial score (nSPS) is 13.5. The third-order valence-corrected chi connectivity index (χ3v) is 10.9. The average Bonchev–Trinajstić information content (AvgIpc) is 2.58. The second kappa shape index (κ2) is 7.19. The first-order chi connectivity index (χ1) is 12.0. The van der Waals surface area contributed by atoms with Crippen molar-refractivity contribution in [3.05, 3.63) is 89.0 Å². The maximum Gasteiger partial charge on any atom is 0.163 e. The molecule has 2 heteroatoms. The van der Waals surface area contributed by atoms with Gasteiger partial charge in [0.25, 0.3) is 0 Å². The molecule has 0 aliphatic rings. The highest BCUT2D eigenvalue weighted by atomic mass is 35.5. The maximum absolute atomic E-state index is 6.84. The molecule has 0 heterocycles. The highest BCUT2D eigenvalue weighted by molar-refractivity contribution is 7.14. The van der Waals surface area contributed by atoms with E-state index >= 15 is 0 Å². The lowest BCUT2D eigenvalue weighted by Gasteiger charge is -2.35. The number of alkyl halides is 1. The lowest BCUT2D eigenvalue weighted by Crippen LogP contribution is -2.70. The Morgan fingerprint density at radius 1 is 0.680 bits per heavy atom. The van der Waals surface area contributed by atoms with Crippen LogP contribution in [0.4, 0.5) is 0 Å². The minimum Gasteiger partial charge on any atom is -0.129 e. The summed E-state index contributed by atoms with van der Waals surface area (Å²) < 4.78 is 0. The minimum absolute atomic E-state index is 0.644. The molecule has 0 aliphatic heterocycles. The van der Waals surface area contributed by atoms with Gasteiger partial charge < -0.3 is 0 Å². The number of halogens is 1. The molecule has 0 N–H and O–H groups in total. The van der Waals surface area contributed by atoms with E-state index in [1.54, 1.807) is 0 Å². The summed E-state index contributed by atoms with van der Waals surface area (Å²) in [7, 11) is -2.28. The minimum atomic E-state index is -2.28. The van der Waals surface area contributed by atoms with Gasteiger partial charge >= 0.3 is 0 Å². The quantitative estimate of drug-likeness (QED) is 0.370. The van der Waals surface area contributed by atoms with E-state index in [2.05, 4.69) is 94.4 Å². The first-order valence-corrected chi connectivity index (χ1v) is 11.5. The number of hydrogen-bond donors (Lipinski definition) is 0. The standard InChI is InChI=1S/C23H25ClSi/c1-17-13-18(2)15-22(14-17)25(16-24,21-11-6-5-7-12-21)23-19(3)9-8-10-20(23)4/h5-15H,16H2,1-4H3. The van der Waals surface area contributed by atoms with E-state index in [0.717, 1.165) is 0 Å².